The Morgan fingerprint density at radius 1 is 1.43 bits per heavy atom. The molecule has 3 N–H and O–H groups in total. The van der Waals surface area contributed by atoms with Crippen LogP contribution in [0.3, 0.4) is 0 Å². The molecule has 0 unspecified atom stereocenters. The number of hydrogen-bond acceptors (Lipinski definition) is 4. The van der Waals surface area contributed by atoms with Crippen LogP contribution in [-0.4, -0.2) is 21.6 Å². The lowest BCUT2D eigenvalue weighted by Crippen LogP contribution is -2.31. The van der Waals surface area contributed by atoms with Crippen LogP contribution in [0.25, 0.3) is 0 Å². The number of hydrogen-bond donors (Lipinski definition) is 2. The first-order valence-corrected chi connectivity index (χ1v) is 6.60. The molecule has 1 aromatic carbocycles. The summed E-state index contributed by atoms with van der Waals surface area (Å²) in [6.07, 6.45) is 1.51. The van der Waals surface area contributed by atoms with Crippen molar-refractivity contribution in [3.05, 3.63) is 61.9 Å². The third-order valence-corrected chi connectivity index (χ3v) is 3.33. The Kier molecular flexibility index (Phi) is 4.23. The van der Waals surface area contributed by atoms with E-state index in [0.29, 0.717) is 16.9 Å². The lowest BCUT2D eigenvalue weighted by Gasteiger charge is -2.12. The molecule has 0 aliphatic rings. The molecular formula is C14H15N3O3S. The van der Waals surface area contributed by atoms with Gasteiger partial charge in [-0.3, -0.25) is 14.3 Å². The van der Waals surface area contributed by atoms with E-state index in [4.69, 9.17) is 22.7 Å². The number of aromatic nitrogens is 2. The summed E-state index contributed by atoms with van der Waals surface area (Å²) in [5.41, 5.74) is 6.64. The zero-order valence-corrected chi connectivity index (χ0v) is 12.5. The largest absolute Gasteiger partial charge is 0.496 e. The second-order valence-electron chi connectivity index (χ2n) is 4.59. The molecule has 0 aliphatic carbocycles. The van der Waals surface area contributed by atoms with E-state index in [1.807, 2.05) is 0 Å². The van der Waals surface area contributed by atoms with Crippen LogP contribution in [0.5, 0.6) is 5.75 Å². The summed E-state index contributed by atoms with van der Waals surface area (Å²) in [5.74, 6) is 0.616. The Balaban J connectivity index is 2.50. The summed E-state index contributed by atoms with van der Waals surface area (Å²) in [6, 6.07) is 5.27. The van der Waals surface area contributed by atoms with Gasteiger partial charge in [0.15, 0.2) is 0 Å². The van der Waals surface area contributed by atoms with Crippen molar-refractivity contribution in [2.24, 2.45) is 5.73 Å². The highest BCUT2D eigenvalue weighted by Gasteiger charge is 2.09. The summed E-state index contributed by atoms with van der Waals surface area (Å²) in [6.45, 7) is 1.88. The molecule has 1 aromatic heterocycles. The van der Waals surface area contributed by atoms with Gasteiger partial charge in [0, 0.05) is 22.9 Å². The summed E-state index contributed by atoms with van der Waals surface area (Å²) in [4.78, 5) is 25.7. The van der Waals surface area contributed by atoms with Crippen LogP contribution < -0.4 is 21.7 Å². The van der Waals surface area contributed by atoms with E-state index in [1.54, 1.807) is 32.2 Å². The maximum atomic E-state index is 11.8. The third kappa shape index (κ3) is 3.19. The highest BCUT2D eigenvalue weighted by atomic mass is 32.1. The number of nitrogens with zero attached hydrogens (tertiary/aromatic N) is 1. The zero-order chi connectivity index (χ0) is 15.6. The number of thiocarbonyl (C=S) groups is 1. The van der Waals surface area contributed by atoms with Crippen molar-refractivity contribution >= 4 is 17.2 Å². The van der Waals surface area contributed by atoms with Crippen molar-refractivity contribution in [3.63, 3.8) is 0 Å². The number of benzene rings is 1. The van der Waals surface area contributed by atoms with Gasteiger partial charge in [-0.25, -0.2) is 4.79 Å². The molecule has 6 nitrogen and oxygen atoms in total. The standard InChI is InChI=1S/C14H15N3O3S/c1-8-6-17(14(19)16-13(8)18)7-10-5-9(12(15)21)3-4-11(10)20-2/h3-6H,7H2,1-2H3,(H2,15,21)(H,16,18,19). The van der Waals surface area contributed by atoms with Gasteiger partial charge < -0.3 is 10.5 Å². The van der Waals surface area contributed by atoms with Crippen LogP contribution in [0, 0.1) is 6.92 Å². The molecule has 21 heavy (non-hydrogen) atoms. The van der Waals surface area contributed by atoms with Crippen LogP contribution in [0.1, 0.15) is 16.7 Å². The normalized spacial score (nSPS) is 10.4. The molecule has 0 spiro atoms. The lowest BCUT2D eigenvalue weighted by molar-refractivity contribution is 0.408. The average Bonchev–Trinajstić information content (AvgIpc) is 2.44. The monoisotopic (exact) mass is 305 g/mol. The van der Waals surface area contributed by atoms with Gasteiger partial charge in [0.2, 0.25) is 0 Å². The van der Waals surface area contributed by atoms with Gasteiger partial charge in [0.25, 0.3) is 5.56 Å². The number of rotatable bonds is 4. The first-order valence-electron chi connectivity index (χ1n) is 6.19. The molecule has 7 heteroatoms. The van der Waals surface area contributed by atoms with Crippen molar-refractivity contribution in [3.8, 4) is 5.75 Å². The quantitative estimate of drug-likeness (QED) is 0.805. The predicted octanol–water partition coefficient (Wildman–Crippen LogP) is 0.536. The Morgan fingerprint density at radius 3 is 2.76 bits per heavy atom. The highest BCUT2D eigenvalue weighted by molar-refractivity contribution is 7.80. The molecule has 0 radical (unpaired) electrons. The Bertz CT molecular complexity index is 808. The minimum absolute atomic E-state index is 0.246. The maximum absolute atomic E-state index is 11.8. The van der Waals surface area contributed by atoms with Crippen LogP contribution in [0.15, 0.2) is 34.0 Å². The van der Waals surface area contributed by atoms with E-state index in [9.17, 15) is 9.59 Å². The SMILES string of the molecule is COc1ccc(C(N)=S)cc1Cn1cc(C)c(=O)[nH]c1=O. The average molecular weight is 305 g/mol. The molecule has 0 aliphatic heterocycles. The molecule has 110 valence electrons. The first kappa shape index (κ1) is 15.0. The van der Waals surface area contributed by atoms with E-state index < -0.39 is 5.69 Å². The van der Waals surface area contributed by atoms with Crippen molar-refractivity contribution in [1.29, 1.82) is 0 Å². The summed E-state index contributed by atoms with van der Waals surface area (Å²) < 4.78 is 6.68. The van der Waals surface area contributed by atoms with Crippen molar-refractivity contribution < 1.29 is 4.74 Å². The molecule has 0 saturated heterocycles. The fourth-order valence-corrected chi connectivity index (χ4v) is 2.10. The summed E-state index contributed by atoms with van der Waals surface area (Å²) in [7, 11) is 1.54. The molecule has 0 bridgehead atoms. The fourth-order valence-electron chi connectivity index (χ4n) is 1.97. The maximum Gasteiger partial charge on any atom is 0.328 e. The molecule has 0 fully saturated rings. The Morgan fingerprint density at radius 2 is 2.14 bits per heavy atom. The number of H-pyrrole nitrogens is 1. The van der Waals surface area contributed by atoms with Gasteiger partial charge in [-0.05, 0) is 25.1 Å². The van der Waals surface area contributed by atoms with Crippen molar-refractivity contribution in [2.45, 2.75) is 13.5 Å². The van der Waals surface area contributed by atoms with Gasteiger partial charge in [0.05, 0.1) is 13.7 Å². The number of nitrogens with two attached hydrogens (primary N) is 1. The van der Waals surface area contributed by atoms with Gasteiger partial charge in [-0.15, -0.1) is 0 Å². The van der Waals surface area contributed by atoms with E-state index in [0.717, 1.165) is 5.56 Å². The lowest BCUT2D eigenvalue weighted by atomic mass is 10.1. The second kappa shape index (κ2) is 5.92. The molecule has 1 heterocycles. The third-order valence-electron chi connectivity index (χ3n) is 3.09. The van der Waals surface area contributed by atoms with E-state index in [2.05, 4.69) is 4.98 Å². The number of ether oxygens (including phenoxy) is 1. The number of aryl methyl sites for hydroxylation is 1. The van der Waals surface area contributed by atoms with E-state index >= 15 is 0 Å². The smallest absolute Gasteiger partial charge is 0.328 e. The molecule has 0 saturated carbocycles. The van der Waals surface area contributed by atoms with E-state index in [1.165, 1.54) is 10.8 Å². The van der Waals surface area contributed by atoms with Gasteiger partial charge in [0.1, 0.15) is 10.7 Å². The summed E-state index contributed by atoms with van der Waals surface area (Å²) in [5, 5.41) is 0. The Hall–Kier alpha value is -2.41. The van der Waals surface area contributed by atoms with Crippen LogP contribution in [-0.2, 0) is 6.54 Å². The first-order chi connectivity index (χ1) is 9.92. The topological polar surface area (TPSA) is 90.1 Å². The molecule has 0 amide bonds. The van der Waals surface area contributed by atoms with Crippen molar-refractivity contribution in [1.82, 2.24) is 9.55 Å². The highest BCUT2D eigenvalue weighted by Crippen LogP contribution is 2.20. The Labute approximate surface area is 126 Å². The van der Waals surface area contributed by atoms with Gasteiger partial charge in [-0.1, -0.05) is 12.2 Å². The van der Waals surface area contributed by atoms with Crippen LogP contribution in [0.4, 0.5) is 0 Å². The molecule has 0 atom stereocenters. The molecule has 2 aromatic rings. The van der Waals surface area contributed by atoms with Gasteiger partial charge in [-0.2, -0.15) is 0 Å². The van der Waals surface area contributed by atoms with Crippen molar-refractivity contribution in [2.75, 3.05) is 7.11 Å². The number of aromatic amines is 1. The minimum Gasteiger partial charge on any atom is -0.496 e. The minimum atomic E-state index is -0.478. The molecular weight excluding hydrogens is 290 g/mol. The number of methoxy groups -OCH3 is 1. The summed E-state index contributed by atoms with van der Waals surface area (Å²) >= 11 is 4.95. The van der Waals surface area contributed by atoms with E-state index in [-0.39, 0.29) is 17.1 Å². The van der Waals surface area contributed by atoms with Crippen LogP contribution >= 0.6 is 12.2 Å². The zero-order valence-electron chi connectivity index (χ0n) is 11.7. The molecule has 2 rings (SSSR count). The van der Waals surface area contributed by atoms with Crippen LogP contribution in [0.2, 0.25) is 0 Å². The fraction of sp³-hybridized carbons (Fsp3) is 0.214. The second-order valence-corrected chi connectivity index (χ2v) is 5.03. The van der Waals surface area contributed by atoms with Gasteiger partial charge >= 0.3 is 5.69 Å². The predicted molar refractivity (Wildman–Crippen MR) is 84.0 cm³/mol. The number of nitrogens with one attached hydrogen (secondary N) is 1.